The zero-order valence-electron chi connectivity index (χ0n) is 12.4. The van der Waals surface area contributed by atoms with Gasteiger partial charge in [-0.05, 0) is 0 Å². The van der Waals surface area contributed by atoms with Crippen LogP contribution in [0.4, 0.5) is 0 Å². The predicted molar refractivity (Wildman–Crippen MR) is 82.3 cm³/mol. The topological polar surface area (TPSA) is 0 Å². The molecule has 0 amide bonds. The molecule has 1 aliphatic rings. The van der Waals surface area contributed by atoms with Crippen molar-refractivity contribution in [2.24, 2.45) is 0 Å². The minimum Gasteiger partial charge on any atom is -0.196 e. The first-order valence-corrected chi connectivity index (χ1v) is 6.42. The zero-order chi connectivity index (χ0) is 13.5. The van der Waals surface area contributed by atoms with Crippen molar-refractivity contribution in [3.63, 3.8) is 0 Å². The van der Waals surface area contributed by atoms with Crippen molar-refractivity contribution < 1.29 is 38.2 Å². The van der Waals surface area contributed by atoms with E-state index in [-0.39, 0.29) is 38.2 Å². The standard InChI is InChI=1S/C10H15.C8H8.Dy/c1-6-7(2)9(4)10(5)8(6)3;1-2-4-6-8-7-5-3-1;/h1-5H3;1-8H;/q-1;;/b;2-1-,3-1?,4-2?,5-3-,6-4-,7-5?,8-6?,8-7-;. The number of rotatable bonds is 0. The van der Waals surface area contributed by atoms with E-state index in [0.717, 1.165) is 0 Å². The Morgan fingerprint density at radius 3 is 0.895 bits per heavy atom. The Morgan fingerprint density at radius 1 is 0.579 bits per heavy atom. The Labute approximate surface area is 148 Å². The van der Waals surface area contributed by atoms with E-state index in [1.54, 1.807) is 0 Å². The summed E-state index contributed by atoms with van der Waals surface area (Å²) in [5, 5.41) is 0. The van der Waals surface area contributed by atoms with Crippen molar-refractivity contribution in [1.82, 2.24) is 0 Å². The molecule has 2 rings (SSSR count). The molecular formula is C18H23Dy-. The van der Waals surface area contributed by atoms with Crippen LogP contribution in [-0.4, -0.2) is 0 Å². The first-order valence-electron chi connectivity index (χ1n) is 6.42. The van der Waals surface area contributed by atoms with Crippen LogP contribution in [0.3, 0.4) is 0 Å². The Balaban J connectivity index is 0.000000331. The molecule has 0 fully saturated rings. The third kappa shape index (κ3) is 5.61. The van der Waals surface area contributed by atoms with Gasteiger partial charge in [0.25, 0.3) is 0 Å². The quantitative estimate of drug-likeness (QED) is 0.526. The van der Waals surface area contributed by atoms with Crippen molar-refractivity contribution >= 4 is 0 Å². The Bertz CT molecular complexity index is 372. The molecule has 19 heavy (non-hydrogen) atoms. The summed E-state index contributed by atoms with van der Waals surface area (Å²) in [6.07, 6.45) is 16.0. The van der Waals surface area contributed by atoms with Crippen LogP contribution >= 0.6 is 0 Å². The Hall–Kier alpha value is -0.417. The molecule has 0 spiro atoms. The summed E-state index contributed by atoms with van der Waals surface area (Å²) >= 11 is 0. The molecular weight excluding hydrogens is 379 g/mol. The van der Waals surface area contributed by atoms with Gasteiger partial charge in [0.15, 0.2) is 0 Å². The first kappa shape index (κ1) is 18.6. The van der Waals surface area contributed by atoms with Crippen LogP contribution in [0.2, 0.25) is 0 Å². The Morgan fingerprint density at radius 2 is 0.789 bits per heavy atom. The molecule has 0 bridgehead atoms. The molecule has 0 unspecified atom stereocenters. The van der Waals surface area contributed by atoms with Crippen molar-refractivity contribution in [2.75, 3.05) is 0 Å². The second kappa shape index (κ2) is 9.48. The van der Waals surface area contributed by atoms with Crippen molar-refractivity contribution in [1.29, 1.82) is 0 Å². The molecule has 0 aliphatic heterocycles. The monoisotopic (exact) mass is 403 g/mol. The van der Waals surface area contributed by atoms with Crippen LogP contribution < -0.4 is 0 Å². The van der Waals surface area contributed by atoms with Gasteiger partial charge in [-0.15, -0.1) is 0 Å². The van der Waals surface area contributed by atoms with Crippen LogP contribution in [0.5, 0.6) is 0 Å². The SMILES string of the molecule is C1=C\C=C/C=C\C=C/1.Cc1c(C)c(C)[c-](C)c1C.[Dy]. The molecule has 0 aromatic heterocycles. The van der Waals surface area contributed by atoms with Crippen LogP contribution in [-0.2, 0) is 0 Å². The maximum absolute atomic E-state index is 2.20. The molecule has 0 radical (unpaired) electrons. The summed E-state index contributed by atoms with van der Waals surface area (Å²) in [4.78, 5) is 0. The van der Waals surface area contributed by atoms with E-state index in [2.05, 4.69) is 34.6 Å². The minimum absolute atomic E-state index is 0. The number of hydrogen-bond acceptors (Lipinski definition) is 0. The van der Waals surface area contributed by atoms with Gasteiger partial charge in [0.2, 0.25) is 0 Å². The normalized spacial score (nSPS) is 19.0. The van der Waals surface area contributed by atoms with Gasteiger partial charge in [-0.25, -0.2) is 0 Å². The van der Waals surface area contributed by atoms with Gasteiger partial charge in [-0.2, -0.15) is 27.8 Å². The fourth-order valence-corrected chi connectivity index (χ4v) is 1.92. The maximum Gasteiger partial charge on any atom is 0 e. The second-order valence-electron chi connectivity index (χ2n) is 4.66. The average Bonchev–Trinajstić information content (AvgIpc) is 2.48. The molecule has 0 heterocycles. The maximum atomic E-state index is 2.20. The van der Waals surface area contributed by atoms with Gasteiger partial charge in [0.05, 0.1) is 0 Å². The van der Waals surface area contributed by atoms with E-state index in [1.165, 1.54) is 27.8 Å². The summed E-state index contributed by atoms with van der Waals surface area (Å²) in [5.41, 5.74) is 7.34. The summed E-state index contributed by atoms with van der Waals surface area (Å²) in [6.45, 7) is 11.0. The van der Waals surface area contributed by atoms with E-state index in [0.29, 0.717) is 0 Å². The third-order valence-corrected chi connectivity index (χ3v) is 3.70. The van der Waals surface area contributed by atoms with Gasteiger partial charge in [-0.3, -0.25) is 0 Å². The van der Waals surface area contributed by atoms with E-state index in [4.69, 9.17) is 0 Å². The molecule has 1 aromatic carbocycles. The molecule has 0 atom stereocenters. The zero-order valence-corrected chi connectivity index (χ0v) is 14.5. The first-order chi connectivity index (χ1) is 8.55. The molecule has 1 heteroatoms. The van der Waals surface area contributed by atoms with E-state index in [1.807, 2.05) is 48.6 Å². The van der Waals surface area contributed by atoms with Gasteiger partial charge in [0.1, 0.15) is 0 Å². The Kier molecular flexibility index (Phi) is 9.27. The summed E-state index contributed by atoms with van der Waals surface area (Å²) < 4.78 is 0. The van der Waals surface area contributed by atoms with Gasteiger partial charge < -0.3 is 0 Å². The second-order valence-corrected chi connectivity index (χ2v) is 4.66. The molecule has 0 nitrogen and oxygen atoms in total. The number of allylic oxidation sites excluding steroid dienone is 8. The summed E-state index contributed by atoms with van der Waals surface area (Å²) in [7, 11) is 0. The summed E-state index contributed by atoms with van der Waals surface area (Å²) in [6, 6.07) is 0. The van der Waals surface area contributed by atoms with Crippen LogP contribution in [0.1, 0.15) is 27.8 Å². The van der Waals surface area contributed by atoms with E-state index in [9.17, 15) is 0 Å². The van der Waals surface area contributed by atoms with Crippen molar-refractivity contribution in [3.05, 3.63) is 76.4 Å². The van der Waals surface area contributed by atoms with Crippen LogP contribution in [0.25, 0.3) is 0 Å². The van der Waals surface area contributed by atoms with Gasteiger partial charge >= 0.3 is 0 Å². The van der Waals surface area contributed by atoms with Crippen LogP contribution in [0, 0.1) is 72.8 Å². The molecule has 1 aliphatic carbocycles. The molecule has 106 valence electrons. The van der Waals surface area contributed by atoms with E-state index < -0.39 is 0 Å². The molecule has 0 N–H and O–H groups in total. The summed E-state index contributed by atoms with van der Waals surface area (Å²) in [5.74, 6) is 0. The van der Waals surface area contributed by atoms with E-state index >= 15 is 0 Å². The smallest absolute Gasteiger partial charge is 0 e. The molecule has 0 saturated heterocycles. The van der Waals surface area contributed by atoms with Crippen molar-refractivity contribution in [2.45, 2.75) is 34.6 Å². The molecule has 1 aromatic rings. The van der Waals surface area contributed by atoms with Gasteiger partial charge in [-0.1, -0.05) is 83.2 Å². The van der Waals surface area contributed by atoms with Crippen LogP contribution in [0.15, 0.2) is 48.6 Å². The fraction of sp³-hybridized carbons (Fsp3) is 0.278. The number of hydrogen-bond donors (Lipinski definition) is 0. The van der Waals surface area contributed by atoms with Crippen molar-refractivity contribution in [3.8, 4) is 0 Å². The minimum atomic E-state index is 0. The third-order valence-electron chi connectivity index (χ3n) is 3.70. The predicted octanol–water partition coefficient (Wildman–Crippen LogP) is 5.17. The molecule has 0 saturated carbocycles. The average molecular weight is 402 g/mol. The fourth-order valence-electron chi connectivity index (χ4n) is 1.92. The van der Waals surface area contributed by atoms with Gasteiger partial charge in [0, 0.05) is 38.2 Å². The largest absolute Gasteiger partial charge is 0.196 e.